The van der Waals surface area contributed by atoms with Crippen molar-refractivity contribution in [1.29, 1.82) is 0 Å². The van der Waals surface area contributed by atoms with E-state index in [1.807, 2.05) is 103 Å². The highest BCUT2D eigenvalue weighted by Gasteiger charge is 2.40. The smallest absolute Gasteiger partial charge is 0.408 e. The van der Waals surface area contributed by atoms with E-state index in [0.29, 0.717) is 0 Å². The molecular weight excluding hydrogens is 586 g/mol. The summed E-state index contributed by atoms with van der Waals surface area (Å²) in [5.41, 5.74) is 5.44. The molecule has 0 radical (unpaired) electrons. The Morgan fingerprint density at radius 2 is 1.28 bits per heavy atom. The van der Waals surface area contributed by atoms with Gasteiger partial charge in [0.2, 0.25) is 0 Å². The lowest BCUT2D eigenvalue weighted by Gasteiger charge is -2.35. The first kappa shape index (κ1) is 33.5. The Kier molecular flexibility index (Phi) is 10.8. The van der Waals surface area contributed by atoms with Gasteiger partial charge in [0.1, 0.15) is 11.6 Å². The van der Waals surface area contributed by atoms with Crippen LogP contribution in [0.5, 0.6) is 0 Å². The number of hydrogen-bond acceptors (Lipinski definition) is 4. The van der Waals surface area contributed by atoms with E-state index in [1.54, 1.807) is 20.8 Å². The summed E-state index contributed by atoms with van der Waals surface area (Å²) in [6.45, 7) is 8.45. The zero-order valence-corrected chi connectivity index (χ0v) is 27.7. The Morgan fingerprint density at radius 3 is 1.81 bits per heavy atom. The average molecular weight is 632 g/mol. The van der Waals surface area contributed by atoms with Crippen molar-refractivity contribution in [2.24, 2.45) is 0 Å². The number of ether oxygens (including phenoxy) is 1. The predicted molar refractivity (Wildman–Crippen MR) is 187 cm³/mol. The molecule has 0 spiro atoms. The molecule has 0 aliphatic carbocycles. The summed E-state index contributed by atoms with van der Waals surface area (Å²) in [5.74, 6) is -0.495. The third-order valence-electron chi connectivity index (χ3n) is 8.15. The van der Waals surface area contributed by atoms with Gasteiger partial charge < -0.3 is 14.6 Å². The van der Waals surface area contributed by atoms with Crippen LogP contribution in [0.1, 0.15) is 69.2 Å². The van der Waals surface area contributed by atoms with Gasteiger partial charge in [0.15, 0.2) is 5.60 Å². The molecule has 0 saturated heterocycles. The summed E-state index contributed by atoms with van der Waals surface area (Å²) in [6, 6.07) is 36.6. The maximum atomic E-state index is 14.2. The molecule has 1 heterocycles. The monoisotopic (exact) mass is 631 g/mol. The Hall–Kier alpha value is -4.88. The number of nitrogens with one attached hydrogen (secondary N) is 2. The molecule has 7 heteroatoms. The van der Waals surface area contributed by atoms with Crippen LogP contribution in [0.25, 0.3) is 10.9 Å². The molecule has 2 amide bonds. The molecular formula is C40H45N3O4. The number of benzene rings is 4. The van der Waals surface area contributed by atoms with Crippen molar-refractivity contribution in [2.75, 3.05) is 0 Å². The number of alkyl carbamates (subject to hydrolysis) is 1. The van der Waals surface area contributed by atoms with Crippen molar-refractivity contribution < 1.29 is 19.2 Å². The number of rotatable bonds is 13. The van der Waals surface area contributed by atoms with Crippen molar-refractivity contribution in [2.45, 2.75) is 77.2 Å². The molecule has 0 aliphatic rings. The lowest BCUT2D eigenvalue weighted by atomic mass is 9.80. The first-order chi connectivity index (χ1) is 22.7. The standard InChI is InChI=1S/C40H45N3O4/c1-5-6-18-27-43-29-30(34-25-16-17-26-36(34)43)28-35(41-38(45)46-39(2,3)4)37(44)42-47-40(31-19-10-7-11-20-31,32-21-12-8-13-22-32)33-23-14-9-15-24-33/h7-17,19-26,29,35H,5-6,18,27-28H2,1-4H3,(H,41,45)(H,42,44). The number of unbranched alkanes of at least 4 members (excludes halogenated alkanes) is 2. The van der Waals surface area contributed by atoms with E-state index in [0.717, 1.165) is 59.0 Å². The third-order valence-corrected chi connectivity index (χ3v) is 8.15. The molecule has 1 atom stereocenters. The largest absolute Gasteiger partial charge is 0.444 e. The van der Waals surface area contributed by atoms with Gasteiger partial charge in [-0.3, -0.25) is 9.63 Å². The first-order valence-electron chi connectivity index (χ1n) is 16.4. The van der Waals surface area contributed by atoms with Gasteiger partial charge in [0.25, 0.3) is 5.91 Å². The van der Waals surface area contributed by atoms with E-state index in [-0.39, 0.29) is 6.42 Å². The van der Waals surface area contributed by atoms with Gasteiger partial charge in [0, 0.05) is 30.1 Å². The van der Waals surface area contributed by atoms with Gasteiger partial charge in [-0.15, -0.1) is 0 Å². The number of amides is 2. The summed E-state index contributed by atoms with van der Waals surface area (Å²) >= 11 is 0. The molecule has 0 fully saturated rings. The minimum atomic E-state index is -1.18. The second kappa shape index (κ2) is 15.1. The zero-order chi connectivity index (χ0) is 33.3. The summed E-state index contributed by atoms with van der Waals surface area (Å²) < 4.78 is 7.83. The summed E-state index contributed by atoms with van der Waals surface area (Å²) in [4.78, 5) is 34.0. The highest BCUT2D eigenvalue weighted by molar-refractivity contribution is 5.88. The van der Waals surface area contributed by atoms with Gasteiger partial charge in [-0.05, 0) is 55.5 Å². The van der Waals surface area contributed by atoms with Gasteiger partial charge >= 0.3 is 6.09 Å². The van der Waals surface area contributed by atoms with Crippen molar-refractivity contribution >= 4 is 22.9 Å². The van der Waals surface area contributed by atoms with E-state index >= 15 is 0 Å². The van der Waals surface area contributed by atoms with Crippen LogP contribution < -0.4 is 10.8 Å². The Balaban J connectivity index is 1.51. The maximum absolute atomic E-state index is 14.2. The van der Waals surface area contributed by atoms with Crippen LogP contribution in [-0.2, 0) is 32.9 Å². The number of fused-ring (bicyclic) bond motifs is 1. The number of para-hydroxylation sites is 1. The lowest BCUT2D eigenvalue weighted by molar-refractivity contribution is -0.145. The number of hydrogen-bond donors (Lipinski definition) is 2. The van der Waals surface area contributed by atoms with Gasteiger partial charge in [0.05, 0.1) is 0 Å². The van der Waals surface area contributed by atoms with E-state index < -0.39 is 29.2 Å². The van der Waals surface area contributed by atoms with Crippen LogP contribution in [0.4, 0.5) is 4.79 Å². The highest BCUT2D eigenvalue weighted by atomic mass is 16.7. The quantitative estimate of drug-likeness (QED) is 0.0778. The topological polar surface area (TPSA) is 81.6 Å². The SMILES string of the molecule is CCCCCn1cc(CC(NC(=O)OC(C)(C)C)C(=O)NOC(c2ccccc2)(c2ccccc2)c2ccccc2)c2ccccc21. The number of carbonyl (C=O) groups is 2. The molecule has 5 aromatic rings. The van der Waals surface area contributed by atoms with Crippen LogP contribution in [-0.4, -0.2) is 28.2 Å². The minimum Gasteiger partial charge on any atom is -0.444 e. The molecule has 2 N–H and O–H groups in total. The minimum absolute atomic E-state index is 0.241. The Morgan fingerprint density at radius 1 is 0.745 bits per heavy atom. The number of hydroxylamine groups is 1. The maximum Gasteiger partial charge on any atom is 0.408 e. The lowest BCUT2D eigenvalue weighted by Crippen LogP contribution is -2.51. The summed E-state index contributed by atoms with van der Waals surface area (Å²) in [6.07, 6.45) is 4.99. The Labute approximate surface area is 277 Å². The molecule has 4 aromatic carbocycles. The Bertz CT molecular complexity index is 1650. The van der Waals surface area contributed by atoms with Crippen molar-refractivity contribution in [3.63, 3.8) is 0 Å². The average Bonchev–Trinajstić information content (AvgIpc) is 3.42. The number of aromatic nitrogens is 1. The number of nitrogens with zero attached hydrogens (tertiary/aromatic N) is 1. The van der Waals surface area contributed by atoms with E-state index in [2.05, 4.69) is 40.6 Å². The predicted octanol–water partition coefficient (Wildman–Crippen LogP) is 8.31. The molecule has 5 rings (SSSR count). The van der Waals surface area contributed by atoms with Crippen LogP contribution in [0.2, 0.25) is 0 Å². The van der Waals surface area contributed by atoms with Crippen LogP contribution >= 0.6 is 0 Å². The fraction of sp³-hybridized carbons (Fsp3) is 0.300. The van der Waals surface area contributed by atoms with E-state index in [1.165, 1.54) is 0 Å². The van der Waals surface area contributed by atoms with Gasteiger partial charge in [-0.1, -0.05) is 129 Å². The molecule has 47 heavy (non-hydrogen) atoms. The zero-order valence-electron chi connectivity index (χ0n) is 27.7. The summed E-state index contributed by atoms with van der Waals surface area (Å²) in [5, 5.41) is 3.88. The van der Waals surface area contributed by atoms with Crippen molar-refractivity contribution in [3.8, 4) is 0 Å². The van der Waals surface area contributed by atoms with Gasteiger partial charge in [-0.25, -0.2) is 10.3 Å². The van der Waals surface area contributed by atoms with E-state index in [4.69, 9.17) is 9.57 Å². The molecule has 0 bridgehead atoms. The fourth-order valence-electron chi connectivity index (χ4n) is 5.97. The fourth-order valence-corrected chi connectivity index (χ4v) is 5.97. The number of aryl methyl sites for hydroxylation is 1. The molecule has 0 aliphatic heterocycles. The first-order valence-corrected chi connectivity index (χ1v) is 16.4. The highest BCUT2D eigenvalue weighted by Crippen LogP contribution is 2.39. The van der Waals surface area contributed by atoms with Crippen molar-refractivity contribution in [1.82, 2.24) is 15.4 Å². The van der Waals surface area contributed by atoms with E-state index in [9.17, 15) is 9.59 Å². The molecule has 1 aromatic heterocycles. The van der Waals surface area contributed by atoms with Crippen LogP contribution in [0.3, 0.4) is 0 Å². The second-order valence-electron chi connectivity index (χ2n) is 12.8. The van der Waals surface area contributed by atoms with Gasteiger partial charge in [-0.2, -0.15) is 0 Å². The molecule has 7 nitrogen and oxygen atoms in total. The molecule has 0 saturated carbocycles. The van der Waals surface area contributed by atoms with Crippen LogP contribution in [0, 0.1) is 0 Å². The van der Waals surface area contributed by atoms with Crippen molar-refractivity contribution in [3.05, 3.63) is 144 Å². The number of carbonyl (C=O) groups excluding carboxylic acids is 2. The molecule has 1 unspecified atom stereocenters. The normalized spacial score (nSPS) is 12.4. The third kappa shape index (κ3) is 8.10. The molecule has 244 valence electrons. The second-order valence-corrected chi connectivity index (χ2v) is 12.8. The summed E-state index contributed by atoms with van der Waals surface area (Å²) in [7, 11) is 0. The van der Waals surface area contributed by atoms with Crippen LogP contribution in [0.15, 0.2) is 121 Å².